The lowest BCUT2D eigenvalue weighted by molar-refractivity contribution is 0.165. The van der Waals surface area contributed by atoms with Gasteiger partial charge in [-0.1, -0.05) is 28.9 Å². The molecule has 0 saturated carbocycles. The van der Waals surface area contributed by atoms with Crippen molar-refractivity contribution < 1.29 is 9.50 Å². The first-order valence-electron chi connectivity index (χ1n) is 6.25. The molecule has 0 radical (unpaired) electrons. The number of benzene rings is 1. The van der Waals surface area contributed by atoms with E-state index in [1.54, 1.807) is 29.1 Å². The fraction of sp³-hybridized carbons (Fsp3) is 0.357. The Morgan fingerprint density at radius 3 is 2.89 bits per heavy atom. The lowest BCUT2D eigenvalue weighted by Gasteiger charge is -2.13. The Balaban J connectivity index is 2.16. The van der Waals surface area contributed by atoms with E-state index < -0.39 is 6.10 Å². The summed E-state index contributed by atoms with van der Waals surface area (Å²) in [6, 6.07) is 6.64. The van der Waals surface area contributed by atoms with Gasteiger partial charge in [0.05, 0.1) is 11.8 Å². The van der Waals surface area contributed by atoms with Crippen molar-refractivity contribution in [1.29, 1.82) is 0 Å². The maximum Gasteiger partial charge on any atom is 0.127 e. The van der Waals surface area contributed by atoms with Gasteiger partial charge in [0.1, 0.15) is 5.82 Å². The maximum absolute atomic E-state index is 13.7. The van der Waals surface area contributed by atoms with Crippen LogP contribution in [-0.2, 0) is 13.0 Å². The summed E-state index contributed by atoms with van der Waals surface area (Å²) in [6.45, 7) is 2.80. The zero-order chi connectivity index (χ0) is 13.8. The number of halogens is 2. The number of aryl methyl sites for hydroxylation is 1. The van der Waals surface area contributed by atoms with Gasteiger partial charge in [-0.15, -0.1) is 0 Å². The number of hydrogen-bond donors (Lipinski definition) is 1. The largest absolute Gasteiger partial charge is 0.386 e. The van der Waals surface area contributed by atoms with Gasteiger partial charge in [-0.25, -0.2) is 4.39 Å². The molecule has 1 heterocycles. The van der Waals surface area contributed by atoms with Gasteiger partial charge >= 0.3 is 0 Å². The van der Waals surface area contributed by atoms with Crippen LogP contribution in [0.3, 0.4) is 0 Å². The molecule has 5 heteroatoms. The highest BCUT2D eigenvalue weighted by Crippen LogP contribution is 2.22. The van der Waals surface area contributed by atoms with E-state index in [1.807, 2.05) is 6.92 Å². The molecule has 0 spiro atoms. The van der Waals surface area contributed by atoms with Gasteiger partial charge in [-0.05, 0) is 30.2 Å². The molecule has 102 valence electrons. The van der Waals surface area contributed by atoms with Gasteiger partial charge in [0.25, 0.3) is 0 Å². The molecule has 1 unspecified atom stereocenters. The second-order valence-electron chi connectivity index (χ2n) is 4.43. The Hall–Kier alpha value is -1.20. The molecular weight excluding hydrogens is 311 g/mol. The Bertz CT molecular complexity index is 556. The predicted octanol–water partition coefficient (Wildman–Crippen LogP) is 3.47. The first-order valence-corrected chi connectivity index (χ1v) is 7.04. The minimum atomic E-state index is -0.746. The van der Waals surface area contributed by atoms with Gasteiger partial charge in [-0.2, -0.15) is 5.10 Å². The Labute approximate surface area is 120 Å². The summed E-state index contributed by atoms with van der Waals surface area (Å²) in [4.78, 5) is 0. The topological polar surface area (TPSA) is 38.0 Å². The number of aliphatic hydroxyl groups excluding tert-OH is 1. The van der Waals surface area contributed by atoms with Crippen LogP contribution in [0.15, 0.2) is 34.9 Å². The van der Waals surface area contributed by atoms with Gasteiger partial charge in [-0.3, -0.25) is 4.68 Å². The molecule has 2 rings (SSSR count). The highest BCUT2D eigenvalue weighted by atomic mass is 79.9. The standard InChI is InChI=1S/C14H16BrFN2O/c1-2-7-18-13(5-6-17-18)14(19)8-10-3-4-11(15)9-12(10)16/h3-6,9,14,19H,2,7-8H2,1H3. The number of nitrogens with zero attached hydrogens (tertiary/aromatic N) is 2. The van der Waals surface area contributed by atoms with E-state index in [-0.39, 0.29) is 12.2 Å². The zero-order valence-electron chi connectivity index (χ0n) is 10.7. The normalized spacial score (nSPS) is 12.6. The number of rotatable bonds is 5. The minimum absolute atomic E-state index is 0.245. The van der Waals surface area contributed by atoms with Crippen molar-refractivity contribution in [2.24, 2.45) is 0 Å². The van der Waals surface area contributed by atoms with Crippen molar-refractivity contribution in [3.8, 4) is 0 Å². The molecule has 1 aromatic heterocycles. The summed E-state index contributed by atoms with van der Waals surface area (Å²) in [5.41, 5.74) is 1.23. The van der Waals surface area contributed by atoms with Crippen molar-refractivity contribution in [3.63, 3.8) is 0 Å². The van der Waals surface area contributed by atoms with Crippen LogP contribution in [0.5, 0.6) is 0 Å². The van der Waals surface area contributed by atoms with Crippen LogP contribution < -0.4 is 0 Å². The molecule has 3 nitrogen and oxygen atoms in total. The number of aromatic nitrogens is 2. The fourth-order valence-corrected chi connectivity index (χ4v) is 2.36. The average molecular weight is 327 g/mol. The average Bonchev–Trinajstić information content (AvgIpc) is 2.81. The van der Waals surface area contributed by atoms with Crippen LogP contribution >= 0.6 is 15.9 Å². The molecule has 0 aliphatic heterocycles. The van der Waals surface area contributed by atoms with E-state index in [2.05, 4.69) is 21.0 Å². The van der Waals surface area contributed by atoms with E-state index in [1.165, 1.54) is 6.07 Å². The summed E-state index contributed by atoms with van der Waals surface area (Å²) < 4.78 is 16.2. The van der Waals surface area contributed by atoms with Crippen molar-refractivity contribution in [2.45, 2.75) is 32.4 Å². The lowest BCUT2D eigenvalue weighted by atomic mass is 10.1. The summed E-state index contributed by atoms with van der Waals surface area (Å²) in [5, 5.41) is 14.4. The SMILES string of the molecule is CCCn1nccc1C(O)Cc1ccc(Br)cc1F. The van der Waals surface area contributed by atoms with E-state index in [0.29, 0.717) is 10.0 Å². The molecule has 0 aliphatic carbocycles. The third-order valence-corrected chi connectivity index (χ3v) is 3.45. The second kappa shape index (κ2) is 6.30. The Kier molecular flexibility index (Phi) is 4.71. The molecule has 1 atom stereocenters. The maximum atomic E-state index is 13.7. The third kappa shape index (κ3) is 3.42. The van der Waals surface area contributed by atoms with Crippen molar-refractivity contribution in [1.82, 2.24) is 9.78 Å². The van der Waals surface area contributed by atoms with Gasteiger partial charge in [0, 0.05) is 23.6 Å². The molecule has 0 saturated heterocycles. The summed E-state index contributed by atoms with van der Waals surface area (Å²) in [6.07, 6.45) is 2.10. The molecule has 1 N–H and O–H groups in total. The van der Waals surface area contributed by atoms with Crippen LogP contribution in [0.2, 0.25) is 0 Å². The van der Waals surface area contributed by atoms with Crippen LogP contribution in [0.25, 0.3) is 0 Å². The van der Waals surface area contributed by atoms with E-state index in [9.17, 15) is 9.50 Å². The van der Waals surface area contributed by atoms with Crippen LogP contribution in [0, 0.1) is 5.82 Å². The number of hydrogen-bond acceptors (Lipinski definition) is 2. The second-order valence-corrected chi connectivity index (χ2v) is 5.35. The smallest absolute Gasteiger partial charge is 0.127 e. The lowest BCUT2D eigenvalue weighted by Crippen LogP contribution is -2.11. The molecule has 1 aromatic carbocycles. The molecule has 0 bridgehead atoms. The quantitative estimate of drug-likeness (QED) is 0.913. The van der Waals surface area contributed by atoms with Gasteiger partial charge < -0.3 is 5.11 Å². The zero-order valence-corrected chi connectivity index (χ0v) is 12.3. The first-order chi connectivity index (χ1) is 9.11. The molecule has 0 fully saturated rings. The first kappa shape index (κ1) is 14.2. The monoisotopic (exact) mass is 326 g/mol. The summed E-state index contributed by atoms with van der Waals surface area (Å²) in [5.74, 6) is -0.310. The minimum Gasteiger partial charge on any atom is -0.386 e. The molecule has 2 aromatic rings. The third-order valence-electron chi connectivity index (χ3n) is 2.95. The highest BCUT2D eigenvalue weighted by Gasteiger charge is 2.15. The van der Waals surface area contributed by atoms with Crippen LogP contribution in [0.1, 0.15) is 30.7 Å². The number of aliphatic hydroxyl groups is 1. The predicted molar refractivity (Wildman–Crippen MR) is 75.3 cm³/mol. The molecule has 0 amide bonds. The van der Waals surface area contributed by atoms with Gasteiger partial charge in [0.2, 0.25) is 0 Å². The van der Waals surface area contributed by atoms with Gasteiger partial charge in [0.15, 0.2) is 0 Å². The van der Waals surface area contributed by atoms with Crippen LogP contribution in [-0.4, -0.2) is 14.9 Å². The Morgan fingerprint density at radius 2 is 2.21 bits per heavy atom. The van der Waals surface area contributed by atoms with Crippen molar-refractivity contribution in [3.05, 3.63) is 52.0 Å². The fourth-order valence-electron chi connectivity index (χ4n) is 2.02. The van der Waals surface area contributed by atoms with E-state index in [0.717, 1.165) is 18.7 Å². The van der Waals surface area contributed by atoms with E-state index >= 15 is 0 Å². The van der Waals surface area contributed by atoms with Crippen LogP contribution in [0.4, 0.5) is 4.39 Å². The molecule has 0 aliphatic rings. The summed E-state index contributed by atoms with van der Waals surface area (Å²) in [7, 11) is 0. The van der Waals surface area contributed by atoms with Crippen molar-refractivity contribution in [2.75, 3.05) is 0 Å². The summed E-state index contributed by atoms with van der Waals surface area (Å²) >= 11 is 3.22. The van der Waals surface area contributed by atoms with Crippen molar-refractivity contribution >= 4 is 15.9 Å². The Morgan fingerprint density at radius 1 is 1.42 bits per heavy atom. The van der Waals surface area contributed by atoms with E-state index in [4.69, 9.17) is 0 Å². The molecule has 19 heavy (non-hydrogen) atoms. The highest BCUT2D eigenvalue weighted by molar-refractivity contribution is 9.10. The molecular formula is C14H16BrFN2O.